The molecule has 0 bridgehead atoms. The Kier molecular flexibility index (Phi) is 3.16. The number of ether oxygens (including phenoxy) is 1. The van der Waals surface area contributed by atoms with Crippen LogP contribution in [0.25, 0.3) is 0 Å². The highest BCUT2D eigenvalue weighted by Crippen LogP contribution is 2.08. The van der Waals surface area contributed by atoms with E-state index < -0.39 is 0 Å². The predicted molar refractivity (Wildman–Crippen MR) is 42.1 cm³/mol. The van der Waals surface area contributed by atoms with Crippen molar-refractivity contribution < 1.29 is 4.74 Å². The van der Waals surface area contributed by atoms with Gasteiger partial charge in [0.15, 0.2) is 0 Å². The quantitative estimate of drug-likeness (QED) is 0.595. The summed E-state index contributed by atoms with van der Waals surface area (Å²) in [5.74, 6) is 0. The summed E-state index contributed by atoms with van der Waals surface area (Å²) >= 11 is 0. The molecule has 1 aliphatic rings. The largest absolute Gasteiger partial charge is 0.374 e. The van der Waals surface area contributed by atoms with Gasteiger partial charge in [0.25, 0.3) is 0 Å². The highest BCUT2D eigenvalue weighted by molar-refractivity contribution is 4.67. The number of nitrogens with one attached hydrogen (secondary N) is 1. The van der Waals surface area contributed by atoms with E-state index in [2.05, 4.69) is 19.2 Å². The van der Waals surface area contributed by atoms with E-state index in [0.717, 1.165) is 19.5 Å². The van der Waals surface area contributed by atoms with Crippen LogP contribution in [-0.2, 0) is 4.74 Å². The van der Waals surface area contributed by atoms with Crippen LogP contribution < -0.4 is 5.32 Å². The zero-order valence-electron chi connectivity index (χ0n) is 6.89. The highest BCUT2D eigenvalue weighted by Gasteiger charge is 2.14. The molecule has 0 aromatic rings. The maximum Gasteiger partial charge on any atom is 0.0675 e. The Hall–Kier alpha value is -0.0800. The summed E-state index contributed by atoms with van der Waals surface area (Å²) in [5, 5.41) is 3.34. The second-order valence-electron chi connectivity index (χ2n) is 2.97. The molecule has 60 valence electrons. The minimum absolute atomic E-state index is 0.396. The smallest absolute Gasteiger partial charge is 0.0675 e. The van der Waals surface area contributed by atoms with Gasteiger partial charge in [0, 0.05) is 6.54 Å². The van der Waals surface area contributed by atoms with Gasteiger partial charge < -0.3 is 10.1 Å². The number of hydrogen-bond acceptors (Lipinski definition) is 2. The Balaban J connectivity index is 2.30. The average Bonchev–Trinajstić information content (AvgIpc) is 2.13. The molecule has 0 spiro atoms. The molecule has 2 unspecified atom stereocenters. The summed E-state index contributed by atoms with van der Waals surface area (Å²) in [6, 6.07) is 0. The first kappa shape index (κ1) is 8.02. The van der Waals surface area contributed by atoms with Crippen LogP contribution >= 0.6 is 0 Å². The molecule has 1 heterocycles. The van der Waals surface area contributed by atoms with E-state index >= 15 is 0 Å². The van der Waals surface area contributed by atoms with Gasteiger partial charge in [-0.3, -0.25) is 0 Å². The van der Waals surface area contributed by atoms with Gasteiger partial charge in [-0.15, -0.1) is 0 Å². The number of rotatable bonds is 1. The van der Waals surface area contributed by atoms with E-state index in [1.165, 1.54) is 6.42 Å². The molecule has 0 aliphatic carbocycles. The van der Waals surface area contributed by atoms with Gasteiger partial charge in [-0.05, 0) is 26.3 Å². The van der Waals surface area contributed by atoms with E-state index in [-0.39, 0.29) is 0 Å². The summed E-state index contributed by atoms with van der Waals surface area (Å²) in [6.45, 7) is 6.43. The topological polar surface area (TPSA) is 21.3 Å². The van der Waals surface area contributed by atoms with Crippen molar-refractivity contribution in [1.82, 2.24) is 5.32 Å². The molecular formula is C8H17NO. The lowest BCUT2D eigenvalue weighted by Crippen LogP contribution is -2.23. The lowest BCUT2D eigenvalue weighted by molar-refractivity contribution is 0.00736. The monoisotopic (exact) mass is 143 g/mol. The van der Waals surface area contributed by atoms with Crippen LogP contribution in [0.4, 0.5) is 0 Å². The summed E-state index contributed by atoms with van der Waals surface area (Å²) < 4.78 is 5.70. The fourth-order valence-corrected chi connectivity index (χ4v) is 1.31. The van der Waals surface area contributed by atoms with Crippen LogP contribution in [0.2, 0.25) is 0 Å². The van der Waals surface area contributed by atoms with Crippen LogP contribution in [0.5, 0.6) is 0 Å². The minimum atomic E-state index is 0.396. The van der Waals surface area contributed by atoms with Crippen molar-refractivity contribution in [3.63, 3.8) is 0 Å². The van der Waals surface area contributed by atoms with Crippen LogP contribution in [-0.4, -0.2) is 25.3 Å². The fraction of sp³-hybridized carbons (Fsp3) is 1.00. The first-order valence-corrected chi connectivity index (χ1v) is 4.19. The van der Waals surface area contributed by atoms with Crippen molar-refractivity contribution in [3.05, 3.63) is 0 Å². The van der Waals surface area contributed by atoms with Gasteiger partial charge in [0.1, 0.15) is 0 Å². The Morgan fingerprint density at radius 3 is 3.10 bits per heavy atom. The molecule has 1 saturated heterocycles. The zero-order valence-corrected chi connectivity index (χ0v) is 6.89. The van der Waals surface area contributed by atoms with Crippen LogP contribution in [0.1, 0.15) is 26.7 Å². The van der Waals surface area contributed by atoms with Crippen molar-refractivity contribution >= 4 is 0 Å². The molecule has 0 aromatic carbocycles. The molecular weight excluding hydrogens is 126 g/mol. The third-order valence-electron chi connectivity index (χ3n) is 1.95. The highest BCUT2D eigenvalue weighted by atomic mass is 16.5. The summed E-state index contributed by atoms with van der Waals surface area (Å²) in [6.07, 6.45) is 3.20. The van der Waals surface area contributed by atoms with Crippen LogP contribution in [0.3, 0.4) is 0 Å². The molecule has 0 aromatic heterocycles. The molecule has 0 amide bonds. The minimum Gasteiger partial charge on any atom is -0.374 e. The zero-order chi connectivity index (χ0) is 7.40. The molecule has 2 nitrogen and oxygen atoms in total. The van der Waals surface area contributed by atoms with E-state index in [4.69, 9.17) is 4.74 Å². The molecule has 0 saturated carbocycles. The average molecular weight is 143 g/mol. The van der Waals surface area contributed by atoms with Crippen molar-refractivity contribution in [2.45, 2.75) is 38.9 Å². The summed E-state index contributed by atoms with van der Waals surface area (Å²) in [7, 11) is 0. The van der Waals surface area contributed by atoms with Gasteiger partial charge in [0.2, 0.25) is 0 Å². The fourth-order valence-electron chi connectivity index (χ4n) is 1.31. The Bertz CT molecular complexity index is 95.3. The van der Waals surface area contributed by atoms with Crippen LogP contribution in [0, 0.1) is 0 Å². The lowest BCUT2D eigenvalue weighted by atomic mass is 10.2. The molecule has 0 radical (unpaired) electrons. The molecule has 1 N–H and O–H groups in total. The lowest BCUT2D eigenvalue weighted by Gasteiger charge is -2.15. The maximum atomic E-state index is 5.70. The Morgan fingerprint density at radius 1 is 1.60 bits per heavy atom. The van der Waals surface area contributed by atoms with E-state index in [1.807, 2.05) is 0 Å². The molecule has 1 rings (SSSR count). The summed E-state index contributed by atoms with van der Waals surface area (Å²) in [4.78, 5) is 0. The van der Waals surface area contributed by atoms with Gasteiger partial charge in [-0.2, -0.15) is 0 Å². The second kappa shape index (κ2) is 3.94. The second-order valence-corrected chi connectivity index (χ2v) is 2.97. The SMILES string of the molecule is CCC1CCNCC(C)O1. The molecule has 2 atom stereocenters. The molecule has 2 heteroatoms. The molecule has 1 aliphatic heterocycles. The standard InChI is InChI=1S/C8H17NO/c1-3-8-4-5-9-6-7(2)10-8/h7-9H,3-6H2,1-2H3. The third-order valence-corrected chi connectivity index (χ3v) is 1.95. The van der Waals surface area contributed by atoms with Gasteiger partial charge in [-0.1, -0.05) is 6.92 Å². The van der Waals surface area contributed by atoms with Crippen molar-refractivity contribution in [2.75, 3.05) is 13.1 Å². The van der Waals surface area contributed by atoms with Gasteiger partial charge in [0.05, 0.1) is 12.2 Å². The normalized spacial score (nSPS) is 35.4. The van der Waals surface area contributed by atoms with Crippen LogP contribution in [0.15, 0.2) is 0 Å². The first-order valence-electron chi connectivity index (χ1n) is 4.19. The van der Waals surface area contributed by atoms with Crippen molar-refractivity contribution in [2.24, 2.45) is 0 Å². The Labute approximate surface area is 63.0 Å². The third kappa shape index (κ3) is 2.27. The van der Waals surface area contributed by atoms with Crippen molar-refractivity contribution in [1.29, 1.82) is 0 Å². The molecule has 10 heavy (non-hydrogen) atoms. The maximum absolute atomic E-state index is 5.70. The predicted octanol–water partition coefficient (Wildman–Crippen LogP) is 1.16. The summed E-state index contributed by atoms with van der Waals surface area (Å²) in [5.41, 5.74) is 0. The van der Waals surface area contributed by atoms with E-state index in [9.17, 15) is 0 Å². The van der Waals surface area contributed by atoms with E-state index in [0.29, 0.717) is 12.2 Å². The van der Waals surface area contributed by atoms with Gasteiger partial charge >= 0.3 is 0 Å². The van der Waals surface area contributed by atoms with Gasteiger partial charge in [-0.25, -0.2) is 0 Å². The first-order chi connectivity index (χ1) is 4.83. The molecule has 1 fully saturated rings. The Morgan fingerprint density at radius 2 is 2.40 bits per heavy atom. The van der Waals surface area contributed by atoms with E-state index in [1.54, 1.807) is 0 Å². The number of hydrogen-bond donors (Lipinski definition) is 1. The van der Waals surface area contributed by atoms with Crippen molar-refractivity contribution in [3.8, 4) is 0 Å².